The van der Waals surface area contributed by atoms with Gasteiger partial charge in [-0.25, -0.2) is 0 Å². The molecule has 0 bridgehead atoms. The van der Waals surface area contributed by atoms with Crippen molar-refractivity contribution in [3.05, 3.63) is 24.3 Å². The largest absolute Gasteiger partial charge is 0.446 e. The minimum absolute atomic E-state index is 0.193. The van der Waals surface area contributed by atoms with Crippen molar-refractivity contribution in [2.75, 3.05) is 11.9 Å². The molecule has 3 aliphatic carbocycles. The quantitative estimate of drug-likeness (QED) is 0.455. The summed E-state index contributed by atoms with van der Waals surface area (Å²) in [5.41, 5.74) is 3.21. The first-order chi connectivity index (χ1) is 15.2. The number of nitrogens with zero attached hydrogens (tertiary/aromatic N) is 1. The number of amides is 1. The molecule has 1 amide bonds. The zero-order valence-corrected chi connectivity index (χ0v) is 20.3. The first kappa shape index (κ1) is 21.7. The van der Waals surface area contributed by atoms with Crippen molar-refractivity contribution >= 4 is 18.9 Å². The monoisotopic (exact) mass is 442 g/mol. The van der Waals surface area contributed by atoms with E-state index in [1.807, 2.05) is 24.1 Å². The summed E-state index contributed by atoms with van der Waals surface area (Å²) in [5, 5.41) is 0. The van der Waals surface area contributed by atoms with E-state index in [0.29, 0.717) is 0 Å². The normalized spacial score (nSPS) is 27.1. The highest BCUT2D eigenvalue weighted by atomic mass is 31.2. The molecular formula is C27H41NO2P+. The molecule has 3 nitrogen and oxygen atoms in total. The zero-order valence-electron chi connectivity index (χ0n) is 19.4. The lowest BCUT2D eigenvalue weighted by molar-refractivity contribution is -0.122. The number of rotatable bonds is 4. The van der Waals surface area contributed by atoms with Crippen LogP contribution in [-0.2, 0) is 4.79 Å². The Morgan fingerprint density at radius 2 is 1.19 bits per heavy atom. The van der Waals surface area contributed by atoms with Gasteiger partial charge in [0.25, 0.3) is 5.85 Å². The molecule has 0 saturated heterocycles. The molecule has 1 heterocycles. The molecule has 1 aliphatic heterocycles. The van der Waals surface area contributed by atoms with Crippen molar-refractivity contribution in [3.63, 3.8) is 0 Å². The van der Waals surface area contributed by atoms with Crippen LogP contribution in [0.4, 0.5) is 5.69 Å². The van der Waals surface area contributed by atoms with Crippen molar-refractivity contribution in [2.24, 2.45) is 0 Å². The van der Waals surface area contributed by atoms with Gasteiger partial charge in [-0.3, -0.25) is 4.79 Å². The highest BCUT2D eigenvalue weighted by Crippen LogP contribution is 2.80. The predicted molar refractivity (Wildman–Crippen MR) is 132 cm³/mol. The van der Waals surface area contributed by atoms with Crippen LogP contribution >= 0.6 is 7.26 Å². The number of hydrogen-bond acceptors (Lipinski definition) is 2. The number of ether oxygens (including phenoxy) is 1. The highest BCUT2D eigenvalue weighted by Gasteiger charge is 2.66. The van der Waals surface area contributed by atoms with Gasteiger partial charge in [-0.1, -0.05) is 31.4 Å². The molecular weight excluding hydrogens is 401 g/mol. The lowest BCUT2D eigenvalue weighted by atomic mass is 9.99. The topological polar surface area (TPSA) is 29.5 Å². The third-order valence-electron chi connectivity index (χ3n) is 9.03. The minimum Gasteiger partial charge on any atom is -0.446 e. The fourth-order valence-electron chi connectivity index (χ4n) is 7.63. The Morgan fingerprint density at radius 1 is 0.742 bits per heavy atom. The molecule has 0 aromatic heterocycles. The summed E-state index contributed by atoms with van der Waals surface area (Å²) in [7, 11) is 0.334. The fraction of sp³-hybridized carbons (Fsp3) is 0.741. The molecule has 5 rings (SSSR count). The van der Waals surface area contributed by atoms with E-state index in [9.17, 15) is 4.79 Å². The van der Waals surface area contributed by atoms with Crippen molar-refractivity contribution < 1.29 is 9.53 Å². The average Bonchev–Trinajstić information content (AvgIpc) is 2.85. The van der Waals surface area contributed by atoms with Gasteiger partial charge in [0, 0.05) is 7.05 Å². The summed E-state index contributed by atoms with van der Waals surface area (Å²) in [6.45, 7) is 0. The molecule has 0 spiro atoms. The Morgan fingerprint density at radius 3 is 1.68 bits per heavy atom. The first-order valence-corrected chi connectivity index (χ1v) is 15.2. The van der Waals surface area contributed by atoms with E-state index in [1.54, 1.807) is 0 Å². The van der Waals surface area contributed by atoms with Crippen LogP contribution in [0.25, 0.3) is 0 Å². The maximum absolute atomic E-state index is 14.1. The van der Waals surface area contributed by atoms with E-state index >= 15 is 0 Å². The number of hydrogen-bond donors (Lipinski definition) is 0. The molecule has 1 aromatic carbocycles. The van der Waals surface area contributed by atoms with Gasteiger partial charge >= 0.3 is 5.91 Å². The molecule has 4 heteroatoms. The van der Waals surface area contributed by atoms with Gasteiger partial charge in [0.2, 0.25) is 0 Å². The number of anilines is 1. The summed E-state index contributed by atoms with van der Waals surface area (Å²) >= 11 is 0. The number of para-hydroxylation sites is 2. The smallest absolute Gasteiger partial charge is 0.307 e. The third kappa shape index (κ3) is 3.84. The van der Waals surface area contributed by atoms with Crippen molar-refractivity contribution in [1.29, 1.82) is 0 Å². The van der Waals surface area contributed by atoms with Crippen molar-refractivity contribution in [2.45, 2.75) is 119 Å². The van der Waals surface area contributed by atoms with Crippen LogP contribution in [0.2, 0.25) is 0 Å². The lowest BCUT2D eigenvalue weighted by Crippen LogP contribution is -2.52. The van der Waals surface area contributed by atoms with Gasteiger partial charge in [-0.05, 0) is 89.2 Å². The fourth-order valence-corrected chi connectivity index (χ4v) is 15.2. The second kappa shape index (κ2) is 9.42. The molecule has 4 aliphatic rings. The average molecular weight is 443 g/mol. The van der Waals surface area contributed by atoms with Gasteiger partial charge in [0.1, 0.15) is 5.75 Å². The summed E-state index contributed by atoms with van der Waals surface area (Å²) in [5.74, 6) is 1.02. The Hall–Kier alpha value is -1.08. The predicted octanol–water partition coefficient (Wildman–Crippen LogP) is 7.38. The van der Waals surface area contributed by atoms with Gasteiger partial charge in [-0.2, -0.15) is 0 Å². The molecule has 0 radical (unpaired) electrons. The van der Waals surface area contributed by atoms with E-state index in [1.165, 1.54) is 96.3 Å². The number of carbonyl (C=O) groups excluding carboxylic acids is 1. The molecule has 1 atom stereocenters. The van der Waals surface area contributed by atoms with Gasteiger partial charge < -0.3 is 9.64 Å². The van der Waals surface area contributed by atoms with Crippen LogP contribution in [0, 0.1) is 0 Å². The van der Waals surface area contributed by atoms with E-state index in [2.05, 4.69) is 12.1 Å². The number of fused-ring (bicyclic) bond motifs is 1. The van der Waals surface area contributed by atoms with Crippen LogP contribution in [0.1, 0.15) is 96.3 Å². The van der Waals surface area contributed by atoms with E-state index < -0.39 is 7.26 Å². The maximum Gasteiger partial charge on any atom is 0.307 e. The van der Waals surface area contributed by atoms with E-state index in [4.69, 9.17) is 4.74 Å². The summed E-state index contributed by atoms with van der Waals surface area (Å²) in [4.78, 5) is 16.0. The van der Waals surface area contributed by atoms with E-state index in [-0.39, 0.29) is 11.8 Å². The maximum atomic E-state index is 14.1. The summed E-state index contributed by atoms with van der Waals surface area (Å²) in [6, 6.07) is 8.24. The molecule has 3 fully saturated rings. The first-order valence-electron chi connectivity index (χ1n) is 13.1. The lowest BCUT2D eigenvalue weighted by Gasteiger charge is -2.52. The second-order valence-electron chi connectivity index (χ2n) is 10.6. The molecule has 1 aromatic rings. The van der Waals surface area contributed by atoms with Gasteiger partial charge in [0.05, 0.1) is 29.9 Å². The number of carbonyl (C=O) groups is 1. The Kier molecular flexibility index (Phi) is 6.61. The van der Waals surface area contributed by atoms with Crippen LogP contribution in [0.3, 0.4) is 0 Å². The van der Waals surface area contributed by atoms with E-state index in [0.717, 1.165) is 28.4 Å². The minimum atomic E-state index is -1.66. The van der Waals surface area contributed by atoms with Crippen LogP contribution in [-0.4, -0.2) is 35.8 Å². The third-order valence-corrected chi connectivity index (χ3v) is 15.5. The molecule has 0 N–H and O–H groups in total. The number of likely N-dealkylation sites (N-methyl/N-ethyl adjacent to an activating group) is 1. The number of benzene rings is 1. The van der Waals surface area contributed by atoms with Crippen LogP contribution in [0.15, 0.2) is 24.3 Å². The van der Waals surface area contributed by atoms with Crippen LogP contribution in [0.5, 0.6) is 5.75 Å². The Labute approximate surface area is 189 Å². The standard InChI is InChI=1S/C27H41NO2P/c1-28-24-19-11-12-20-25(24)30-27(26(28)29)31(21-13-5-2-6-14-21,22-15-7-3-8-16-22)23-17-9-4-10-18-23/h11-12,19-23,27H,2-10,13-18H2,1H3/q+1. The summed E-state index contributed by atoms with van der Waals surface area (Å²) < 4.78 is 6.90. The van der Waals surface area contributed by atoms with Gasteiger partial charge in [0.15, 0.2) is 0 Å². The van der Waals surface area contributed by atoms with Crippen LogP contribution < -0.4 is 9.64 Å². The Balaban J connectivity index is 1.63. The second-order valence-corrected chi connectivity index (χ2v) is 15.1. The molecule has 1 unspecified atom stereocenters. The summed E-state index contributed by atoms with van der Waals surface area (Å²) in [6.07, 6.45) is 20.4. The molecule has 3 saturated carbocycles. The Bertz CT molecular complexity index is 717. The van der Waals surface area contributed by atoms with Crippen molar-refractivity contribution in [3.8, 4) is 5.75 Å². The zero-order chi connectivity index (χ0) is 21.3. The SMILES string of the molecule is CN1C(=O)C([P+](C2CCCCC2)(C2CCCCC2)C2CCCCC2)Oc2ccccc21. The van der Waals surface area contributed by atoms with Gasteiger partial charge in [-0.15, -0.1) is 0 Å². The molecule has 31 heavy (non-hydrogen) atoms. The highest BCUT2D eigenvalue weighted by molar-refractivity contribution is 7.79. The molecule has 170 valence electrons. The van der Waals surface area contributed by atoms with Crippen molar-refractivity contribution in [1.82, 2.24) is 0 Å².